The van der Waals surface area contributed by atoms with E-state index >= 15 is 8.78 Å². The molecule has 8 heteroatoms. The average molecular weight is 890 g/mol. The van der Waals surface area contributed by atoms with Crippen LogP contribution in [0.3, 0.4) is 0 Å². The van der Waals surface area contributed by atoms with Gasteiger partial charge in [-0.2, -0.15) is 20.9 Å². The van der Waals surface area contributed by atoms with Gasteiger partial charge in [0.25, 0.3) is 17.3 Å². The molecule has 0 radical (unpaired) electrons. The van der Waals surface area contributed by atoms with Crippen LogP contribution in [-0.4, -0.2) is 20.5 Å². The van der Waals surface area contributed by atoms with Crippen LogP contribution in [0.2, 0.25) is 0 Å². The zero-order valence-corrected chi connectivity index (χ0v) is 32.2. The summed E-state index contributed by atoms with van der Waals surface area (Å²) in [5, 5.41) is 1.42. The first-order chi connectivity index (χ1) is 27.6. The Labute approximate surface area is 333 Å². The standard InChI is InChI=1S/C45H39F2N5.Pt/c1-29-16-18-33(19-17-29)50-28-51(39-15-11-10-14-38(39)50)34-23-31(44(5,6)7)22-32(24-34)45(46,47)41-26-40-36(27-49-41)35-12-8-9-13-37(35)52(40)42-25-30(20-21-48-42)43(2,3)4;/h8-23,25,27H,1-7H3;/q;+2/i1D3,10D,11D,14D,15D;. The van der Waals surface area contributed by atoms with Crippen LogP contribution >= 0.6 is 0 Å². The van der Waals surface area contributed by atoms with E-state index in [0.717, 1.165) is 16.5 Å². The number of alkyl halides is 2. The second kappa shape index (κ2) is 13.1. The third kappa shape index (κ3) is 6.37. The summed E-state index contributed by atoms with van der Waals surface area (Å²) < 4.78 is 97.3. The number of hydrogen-bond acceptors (Lipinski definition) is 2. The fourth-order valence-electron chi connectivity index (χ4n) is 6.40. The van der Waals surface area contributed by atoms with Crippen molar-refractivity contribution in [3.8, 4) is 5.82 Å². The molecule has 3 aromatic heterocycles. The molecule has 0 amide bonds. The average Bonchev–Trinajstić information content (AvgIpc) is 3.75. The second-order valence-electron chi connectivity index (χ2n) is 15.0. The van der Waals surface area contributed by atoms with Crippen LogP contribution < -0.4 is 9.15 Å². The summed E-state index contributed by atoms with van der Waals surface area (Å²) in [6.45, 7) is 9.51. The summed E-state index contributed by atoms with van der Waals surface area (Å²) in [4.78, 5) is 8.97. The van der Waals surface area contributed by atoms with Crippen molar-refractivity contribution >= 4 is 50.6 Å². The summed E-state index contributed by atoms with van der Waals surface area (Å²) in [6, 6.07) is 27.4. The Bertz CT molecular complexity index is 2960. The third-order valence-corrected chi connectivity index (χ3v) is 9.33. The van der Waals surface area contributed by atoms with Crippen LogP contribution in [0.15, 0.2) is 109 Å². The van der Waals surface area contributed by atoms with E-state index in [1.807, 2.05) is 61.7 Å². The molecule has 1 aliphatic rings. The van der Waals surface area contributed by atoms with Crippen molar-refractivity contribution in [3.05, 3.63) is 149 Å². The van der Waals surface area contributed by atoms with Crippen molar-refractivity contribution in [3.63, 3.8) is 0 Å². The van der Waals surface area contributed by atoms with Crippen molar-refractivity contribution < 1.29 is 39.4 Å². The van der Waals surface area contributed by atoms with Crippen LogP contribution in [0.1, 0.15) is 79.1 Å². The topological polar surface area (TPSA) is 36.7 Å². The first-order valence-electron chi connectivity index (χ1n) is 20.4. The normalized spacial score (nSPS) is 15.3. The predicted octanol–water partition coefficient (Wildman–Crippen LogP) is 11.1. The van der Waals surface area contributed by atoms with Gasteiger partial charge in [-0.3, -0.25) is 4.98 Å². The number of benzene rings is 4. The van der Waals surface area contributed by atoms with Gasteiger partial charge in [-0.05, 0) is 52.2 Å². The largest absolute Gasteiger partial charge is 2.00 e. The fourth-order valence-corrected chi connectivity index (χ4v) is 6.40. The Morgan fingerprint density at radius 1 is 0.792 bits per heavy atom. The van der Waals surface area contributed by atoms with Gasteiger partial charge in [0.05, 0.1) is 5.48 Å². The number of halogens is 2. The molecule has 8 rings (SSSR count). The molecule has 0 atom stereocenters. The summed E-state index contributed by atoms with van der Waals surface area (Å²) >= 11 is 0. The smallest absolute Gasteiger partial charge is 0.331 e. The molecule has 1 aliphatic heterocycles. The molecule has 0 aliphatic carbocycles. The predicted molar refractivity (Wildman–Crippen MR) is 206 cm³/mol. The molecule has 0 saturated carbocycles. The van der Waals surface area contributed by atoms with Crippen molar-refractivity contribution in [1.29, 1.82) is 0 Å². The quantitative estimate of drug-likeness (QED) is 0.128. The fraction of sp³-hybridized carbons (Fsp3) is 0.222. The van der Waals surface area contributed by atoms with Gasteiger partial charge in [0.1, 0.15) is 11.5 Å². The number of nitrogens with zero attached hydrogens (tertiary/aromatic N) is 5. The van der Waals surface area contributed by atoms with E-state index in [-0.39, 0.29) is 49.1 Å². The minimum absolute atomic E-state index is 0. The molecule has 4 heterocycles. The van der Waals surface area contributed by atoms with Gasteiger partial charge in [-0.15, -0.1) is 16.5 Å². The second-order valence-corrected chi connectivity index (χ2v) is 15.0. The molecule has 53 heavy (non-hydrogen) atoms. The first kappa shape index (κ1) is 28.4. The maximum atomic E-state index is 17.3. The minimum Gasteiger partial charge on any atom is -0.331 e. The molecule has 0 bridgehead atoms. The van der Waals surface area contributed by atoms with Gasteiger partial charge in [0.15, 0.2) is 0 Å². The molecule has 7 aromatic rings. The maximum absolute atomic E-state index is 17.3. The molecular formula is C45H39F2N5Pt+2. The third-order valence-electron chi connectivity index (χ3n) is 9.33. The van der Waals surface area contributed by atoms with Gasteiger partial charge >= 0.3 is 27.1 Å². The van der Waals surface area contributed by atoms with Gasteiger partial charge in [-0.25, -0.2) is 4.98 Å². The number of hydrogen-bond donors (Lipinski definition) is 0. The molecule has 0 spiro atoms. The van der Waals surface area contributed by atoms with Crippen molar-refractivity contribution in [2.45, 2.75) is 65.1 Å². The van der Waals surface area contributed by atoms with Crippen LogP contribution in [0.5, 0.6) is 0 Å². The molecule has 0 N–H and O–H groups in total. The summed E-state index contributed by atoms with van der Waals surface area (Å²) in [5.74, 6) is -3.22. The van der Waals surface area contributed by atoms with E-state index in [1.54, 1.807) is 12.3 Å². The molecule has 4 aromatic carbocycles. The van der Waals surface area contributed by atoms with Crippen LogP contribution in [0.25, 0.3) is 27.6 Å². The number of rotatable bonds is 5. The van der Waals surface area contributed by atoms with Gasteiger partial charge in [0.2, 0.25) is 5.69 Å². The molecule has 5 nitrogen and oxygen atoms in total. The van der Waals surface area contributed by atoms with Crippen molar-refractivity contribution in [2.24, 2.45) is 0 Å². The number of para-hydroxylation sites is 3. The Hall–Kier alpha value is -5.09. The summed E-state index contributed by atoms with van der Waals surface area (Å²) in [7, 11) is 0. The Kier molecular flexibility index (Phi) is 7.02. The summed E-state index contributed by atoms with van der Waals surface area (Å²) in [5.41, 5.74) is 0.998. The van der Waals surface area contributed by atoms with E-state index in [2.05, 4.69) is 48.9 Å². The number of pyridine rings is 2. The van der Waals surface area contributed by atoms with Crippen molar-refractivity contribution in [2.75, 3.05) is 0 Å². The van der Waals surface area contributed by atoms with Gasteiger partial charge < -0.3 is 4.57 Å². The molecule has 0 fully saturated rings. The SMILES string of the molecule is [2H]c1c([2H])c([2H])c2c(c1[2H])[N+](c1[c-]c(C(F)(F)c3[c-]c4c(cn3)c3ccccc3n4-c3cc(C(C)(C)C)ccn3)cc(C(C)(C)C)c1)=C=[N+]2c1ccc(C([2H])([2H])[2H])cc1.[Pt+2]. The Balaban J connectivity index is 0.00000544. The number of fused-ring (bicyclic) bond motifs is 4. The van der Waals surface area contributed by atoms with Gasteiger partial charge in [0, 0.05) is 45.7 Å². The van der Waals surface area contributed by atoms with E-state index < -0.39 is 53.6 Å². The van der Waals surface area contributed by atoms with E-state index in [0.29, 0.717) is 28.0 Å². The monoisotopic (exact) mass is 889 g/mol. The molecule has 0 unspecified atom stereocenters. The Morgan fingerprint density at radius 2 is 1.49 bits per heavy atom. The van der Waals surface area contributed by atoms with Gasteiger partial charge in [-0.1, -0.05) is 117 Å². The van der Waals surface area contributed by atoms with E-state index in [4.69, 9.17) is 9.60 Å². The molecular weight excluding hydrogens is 844 g/mol. The zero-order chi connectivity index (χ0) is 42.6. The number of aryl methyl sites for hydroxylation is 1. The maximum Gasteiger partial charge on any atom is 2.00 e. The van der Waals surface area contributed by atoms with Crippen LogP contribution in [0, 0.1) is 19.0 Å². The molecule has 266 valence electrons. The minimum atomic E-state index is -3.77. The van der Waals surface area contributed by atoms with Crippen LogP contribution in [-0.2, 0) is 37.8 Å². The van der Waals surface area contributed by atoms with E-state index in [9.17, 15) is 0 Å². The zero-order valence-electron chi connectivity index (χ0n) is 36.9. The van der Waals surface area contributed by atoms with E-state index in [1.165, 1.54) is 45.7 Å². The molecule has 0 saturated heterocycles. The summed E-state index contributed by atoms with van der Waals surface area (Å²) in [6.07, 6.45) is 3.14. The Morgan fingerprint density at radius 3 is 2.19 bits per heavy atom. The first-order valence-corrected chi connectivity index (χ1v) is 16.9. The van der Waals surface area contributed by atoms with Crippen LogP contribution in [0.4, 0.5) is 31.5 Å². The number of aromatic nitrogens is 3. The van der Waals surface area contributed by atoms with Crippen molar-refractivity contribution in [1.82, 2.24) is 23.7 Å².